The van der Waals surface area contributed by atoms with Crippen LogP contribution in [0.5, 0.6) is 5.75 Å². The molecule has 18 heavy (non-hydrogen) atoms. The summed E-state index contributed by atoms with van der Waals surface area (Å²) in [6.45, 7) is 4.50. The van der Waals surface area contributed by atoms with Gasteiger partial charge in [0.05, 0.1) is 12.8 Å². The number of aryl methyl sites for hydroxylation is 1. The summed E-state index contributed by atoms with van der Waals surface area (Å²) in [6, 6.07) is 8.18. The number of rotatable bonds is 4. The Balaban J connectivity index is 2.14. The van der Waals surface area contributed by atoms with E-state index in [0.717, 1.165) is 4.90 Å². The van der Waals surface area contributed by atoms with Gasteiger partial charge in [-0.1, -0.05) is 29.3 Å². The summed E-state index contributed by atoms with van der Waals surface area (Å²) in [5, 5.41) is 0.966. The quantitative estimate of drug-likeness (QED) is 0.627. The number of ether oxygens (including phenoxy) is 1. The van der Waals surface area contributed by atoms with E-state index in [1.54, 1.807) is 6.20 Å². The van der Waals surface area contributed by atoms with Gasteiger partial charge in [-0.3, -0.25) is 0 Å². The van der Waals surface area contributed by atoms with E-state index in [0.29, 0.717) is 22.7 Å². The molecule has 0 bridgehead atoms. The van der Waals surface area contributed by atoms with E-state index < -0.39 is 0 Å². The van der Waals surface area contributed by atoms with Crippen molar-refractivity contribution in [3.05, 3.63) is 41.2 Å². The molecule has 5 heteroatoms. The lowest BCUT2D eigenvalue weighted by molar-refractivity contribution is 0.336. The van der Waals surface area contributed by atoms with Gasteiger partial charge in [0.15, 0.2) is 16.1 Å². The van der Waals surface area contributed by atoms with Crippen LogP contribution in [0.4, 0.5) is 0 Å². The molecule has 1 aromatic heterocycles. The zero-order valence-electron chi connectivity index (χ0n) is 10.2. The first-order valence-electron chi connectivity index (χ1n) is 5.59. The number of halogens is 1. The molecular formula is C13H13ClN2OS. The van der Waals surface area contributed by atoms with Gasteiger partial charge in [-0.25, -0.2) is 9.97 Å². The molecule has 0 aliphatic heterocycles. The minimum atomic E-state index is 0.349. The maximum absolute atomic E-state index is 6.01. The highest BCUT2D eigenvalue weighted by Crippen LogP contribution is 2.28. The molecule has 0 aliphatic carbocycles. The van der Waals surface area contributed by atoms with Crippen molar-refractivity contribution < 1.29 is 4.74 Å². The molecule has 2 rings (SSSR count). The first-order valence-corrected chi connectivity index (χ1v) is 6.78. The monoisotopic (exact) mass is 280 g/mol. The van der Waals surface area contributed by atoms with Gasteiger partial charge in [0.2, 0.25) is 0 Å². The van der Waals surface area contributed by atoms with Crippen molar-refractivity contribution in [1.82, 2.24) is 9.97 Å². The largest absolute Gasteiger partial charge is 0.489 e. The second-order valence-corrected chi connectivity index (χ2v) is 5.05. The summed E-state index contributed by atoms with van der Waals surface area (Å²) in [7, 11) is 0. The van der Waals surface area contributed by atoms with E-state index in [1.165, 1.54) is 17.3 Å². The Hall–Kier alpha value is -1.26. The molecule has 0 radical (unpaired) electrons. The smallest absolute Gasteiger partial charge is 0.194 e. The average molecular weight is 281 g/mol. The van der Waals surface area contributed by atoms with Gasteiger partial charge < -0.3 is 4.74 Å². The van der Waals surface area contributed by atoms with Gasteiger partial charge in [-0.05, 0) is 37.7 Å². The third-order valence-corrected chi connectivity index (χ3v) is 3.38. The highest BCUT2D eigenvalue weighted by atomic mass is 35.5. The zero-order chi connectivity index (χ0) is 13.0. The van der Waals surface area contributed by atoms with Crippen molar-refractivity contribution in [2.24, 2.45) is 0 Å². The van der Waals surface area contributed by atoms with Crippen molar-refractivity contribution >= 4 is 23.4 Å². The Labute approximate surface area is 116 Å². The standard InChI is InChI=1S/C13H13ClN2OS/c1-3-17-11-8-15-13(16-12(11)14)18-10-6-4-9(2)5-7-10/h4-8H,3H2,1-2H3. The Morgan fingerprint density at radius 1 is 1.28 bits per heavy atom. The molecule has 1 heterocycles. The first-order chi connectivity index (χ1) is 8.69. The molecule has 0 amide bonds. The molecule has 94 valence electrons. The van der Waals surface area contributed by atoms with E-state index in [-0.39, 0.29) is 0 Å². The number of aromatic nitrogens is 2. The number of nitrogens with zero attached hydrogens (tertiary/aromatic N) is 2. The van der Waals surface area contributed by atoms with Gasteiger partial charge >= 0.3 is 0 Å². The molecule has 0 N–H and O–H groups in total. The summed E-state index contributed by atoms with van der Waals surface area (Å²) < 4.78 is 5.29. The lowest BCUT2D eigenvalue weighted by Crippen LogP contribution is -1.96. The predicted molar refractivity (Wildman–Crippen MR) is 73.5 cm³/mol. The van der Waals surface area contributed by atoms with Crippen LogP contribution >= 0.6 is 23.4 Å². The van der Waals surface area contributed by atoms with Gasteiger partial charge in [0.25, 0.3) is 0 Å². The molecule has 0 aliphatic rings. The minimum Gasteiger partial charge on any atom is -0.489 e. The summed E-state index contributed by atoms with van der Waals surface area (Å²) in [4.78, 5) is 9.50. The van der Waals surface area contributed by atoms with Gasteiger partial charge in [-0.2, -0.15) is 0 Å². The van der Waals surface area contributed by atoms with Crippen LogP contribution in [0.1, 0.15) is 12.5 Å². The normalized spacial score (nSPS) is 10.4. The van der Waals surface area contributed by atoms with Crippen LogP contribution in [0.2, 0.25) is 5.15 Å². The van der Waals surface area contributed by atoms with Crippen LogP contribution < -0.4 is 4.74 Å². The molecule has 0 spiro atoms. The molecular weight excluding hydrogens is 268 g/mol. The predicted octanol–water partition coefficient (Wildman–Crippen LogP) is 3.99. The minimum absolute atomic E-state index is 0.349. The number of benzene rings is 1. The summed E-state index contributed by atoms with van der Waals surface area (Å²) >= 11 is 7.49. The Kier molecular flexibility index (Phi) is 4.44. The van der Waals surface area contributed by atoms with Crippen LogP contribution in [-0.4, -0.2) is 16.6 Å². The molecule has 0 saturated heterocycles. The molecule has 0 saturated carbocycles. The van der Waals surface area contributed by atoms with Crippen LogP contribution in [0.25, 0.3) is 0 Å². The molecule has 3 nitrogen and oxygen atoms in total. The van der Waals surface area contributed by atoms with E-state index in [9.17, 15) is 0 Å². The maximum Gasteiger partial charge on any atom is 0.194 e. The van der Waals surface area contributed by atoms with E-state index in [2.05, 4.69) is 29.0 Å². The summed E-state index contributed by atoms with van der Waals surface area (Å²) in [5.74, 6) is 0.521. The Morgan fingerprint density at radius 3 is 2.61 bits per heavy atom. The second-order valence-electron chi connectivity index (χ2n) is 3.66. The fraction of sp³-hybridized carbons (Fsp3) is 0.231. The molecule has 0 unspecified atom stereocenters. The Morgan fingerprint density at radius 2 is 2.00 bits per heavy atom. The van der Waals surface area contributed by atoms with E-state index in [4.69, 9.17) is 16.3 Å². The van der Waals surface area contributed by atoms with Crippen LogP contribution in [0, 0.1) is 6.92 Å². The SMILES string of the molecule is CCOc1cnc(Sc2ccc(C)cc2)nc1Cl. The fourth-order valence-electron chi connectivity index (χ4n) is 1.35. The zero-order valence-corrected chi connectivity index (χ0v) is 11.8. The highest BCUT2D eigenvalue weighted by molar-refractivity contribution is 7.99. The van der Waals surface area contributed by atoms with Crippen LogP contribution in [0.15, 0.2) is 40.5 Å². The topological polar surface area (TPSA) is 35.0 Å². The maximum atomic E-state index is 6.01. The summed E-state index contributed by atoms with van der Waals surface area (Å²) in [5.41, 5.74) is 1.23. The third-order valence-electron chi connectivity index (χ3n) is 2.22. The van der Waals surface area contributed by atoms with Crippen molar-refractivity contribution in [1.29, 1.82) is 0 Å². The van der Waals surface area contributed by atoms with Crippen LogP contribution in [0.3, 0.4) is 0 Å². The van der Waals surface area contributed by atoms with Crippen molar-refractivity contribution in [2.45, 2.75) is 23.9 Å². The lowest BCUT2D eigenvalue weighted by Gasteiger charge is -2.05. The molecule has 0 fully saturated rings. The summed E-state index contributed by atoms with van der Waals surface area (Å²) in [6.07, 6.45) is 1.61. The average Bonchev–Trinajstić information content (AvgIpc) is 2.36. The van der Waals surface area contributed by atoms with E-state index >= 15 is 0 Å². The first kappa shape index (κ1) is 13.2. The molecule has 0 atom stereocenters. The van der Waals surface area contributed by atoms with Crippen molar-refractivity contribution in [3.63, 3.8) is 0 Å². The van der Waals surface area contributed by atoms with Crippen molar-refractivity contribution in [2.75, 3.05) is 6.61 Å². The van der Waals surface area contributed by atoms with Crippen molar-refractivity contribution in [3.8, 4) is 5.75 Å². The van der Waals surface area contributed by atoms with Gasteiger partial charge in [0, 0.05) is 4.90 Å². The number of hydrogen-bond acceptors (Lipinski definition) is 4. The lowest BCUT2D eigenvalue weighted by atomic mass is 10.2. The third kappa shape index (κ3) is 3.37. The Bertz CT molecular complexity index is 531. The van der Waals surface area contributed by atoms with E-state index in [1.807, 2.05) is 19.1 Å². The van der Waals surface area contributed by atoms with Crippen LogP contribution in [-0.2, 0) is 0 Å². The number of hydrogen-bond donors (Lipinski definition) is 0. The van der Waals surface area contributed by atoms with Gasteiger partial charge in [-0.15, -0.1) is 0 Å². The highest BCUT2D eigenvalue weighted by Gasteiger charge is 2.07. The van der Waals surface area contributed by atoms with Gasteiger partial charge in [0.1, 0.15) is 0 Å². The molecule has 1 aromatic carbocycles. The second kappa shape index (κ2) is 6.07. The molecule has 2 aromatic rings. The fourth-order valence-corrected chi connectivity index (χ4v) is 2.31.